The van der Waals surface area contributed by atoms with E-state index in [1.807, 2.05) is 10.8 Å². The molecule has 5 heteroatoms. The Balaban J connectivity index is 1.92. The van der Waals surface area contributed by atoms with Gasteiger partial charge < -0.3 is 0 Å². The molecule has 0 aliphatic carbocycles. The van der Waals surface area contributed by atoms with Crippen molar-refractivity contribution in [3.8, 4) is 21.3 Å². The van der Waals surface area contributed by atoms with Gasteiger partial charge in [0, 0.05) is 16.3 Å². The van der Waals surface area contributed by atoms with E-state index < -0.39 is 0 Å². The van der Waals surface area contributed by atoms with Crippen LogP contribution in [0.3, 0.4) is 0 Å². The second kappa shape index (κ2) is 5.41. The lowest BCUT2D eigenvalue weighted by atomic mass is 10.2. The average Bonchev–Trinajstić information content (AvgIpc) is 3.08. The number of halogens is 1. The molecule has 19 heavy (non-hydrogen) atoms. The van der Waals surface area contributed by atoms with Gasteiger partial charge in [-0.25, -0.2) is 9.97 Å². The smallest absolute Gasteiger partial charge is 0.143 e. The van der Waals surface area contributed by atoms with Crippen molar-refractivity contribution < 1.29 is 0 Å². The molecule has 0 bridgehead atoms. The monoisotopic (exact) mass is 306 g/mol. The predicted octanol–water partition coefficient (Wildman–Crippen LogP) is 4.98. The minimum absolute atomic E-state index is 0.450. The Morgan fingerprint density at radius 2 is 1.74 bits per heavy atom. The molecule has 0 N–H and O–H groups in total. The van der Waals surface area contributed by atoms with E-state index in [1.54, 1.807) is 22.7 Å². The molecule has 3 aromatic rings. The molecule has 0 saturated carbocycles. The summed E-state index contributed by atoms with van der Waals surface area (Å²) in [4.78, 5) is 9.10. The van der Waals surface area contributed by atoms with E-state index in [0.717, 1.165) is 27.0 Å². The van der Waals surface area contributed by atoms with E-state index in [9.17, 15) is 0 Å². The predicted molar refractivity (Wildman–Crippen MR) is 83.0 cm³/mol. The Kier molecular flexibility index (Phi) is 3.64. The molecular formula is C14H11ClN2S2. The lowest BCUT2D eigenvalue weighted by Crippen LogP contribution is -1.81. The van der Waals surface area contributed by atoms with E-state index in [2.05, 4.69) is 41.2 Å². The fourth-order valence-electron chi connectivity index (χ4n) is 1.69. The minimum atomic E-state index is 0.450. The summed E-state index contributed by atoms with van der Waals surface area (Å²) < 4.78 is 0. The summed E-state index contributed by atoms with van der Waals surface area (Å²) in [6, 6.07) is 8.41. The van der Waals surface area contributed by atoms with Crippen molar-refractivity contribution in [2.75, 3.05) is 0 Å². The van der Waals surface area contributed by atoms with Gasteiger partial charge in [0.2, 0.25) is 0 Å². The van der Waals surface area contributed by atoms with Crippen molar-refractivity contribution >= 4 is 34.3 Å². The Bertz CT molecular complexity index is 686. The molecule has 96 valence electrons. The molecule has 0 saturated heterocycles. The number of thiazole rings is 2. The van der Waals surface area contributed by atoms with Crippen LogP contribution in [0.2, 0.25) is 0 Å². The van der Waals surface area contributed by atoms with Gasteiger partial charge in [0.25, 0.3) is 0 Å². The maximum Gasteiger partial charge on any atom is 0.143 e. The van der Waals surface area contributed by atoms with E-state index >= 15 is 0 Å². The van der Waals surface area contributed by atoms with Crippen molar-refractivity contribution in [3.05, 3.63) is 46.3 Å². The molecule has 2 nitrogen and oxygen atoms in total. The fourth-order valence-corrected chi connectivity index (χ4v) is 3.58. The molecule has 3 rings (SSSR count). The summed E-state index contributed by atoms with van der Waals surface area (Å²) in [6.07, 6.45) is 0. The van der Waals surface area contributed by atoms with Crippen molar-refractivity contribution in [2.45, 2.75) is 12.8 Å². The van der Waals surface area contributed by atoms with Crippen LogP contribution in [0.1, 0.15) is 11.3 Å². The topological polar surface area (TPSA) is 25.8 Å². The fraction of sp³-hybridized carbons (Fsp3) is 0.143. The second-order valence-electron chi connectivity index (χ2n) is 4.18. The first-order valence-electron chi connectivity index (χ1n) is 5.79. The minimum Gasteiger partial charge on any atom is -0.238 e. The summed E-state index contributed by atoms with van der Waals surface area (Å²) in [5, 5.41) is 5.99. The molecule has 2 heterocycles. The highest BCUT2D eigenvalue weighted by Gasteiger charge is 2.10. The number of aromatic nitrogens is 2. The Hall–Kier alpha value is -1.23. The van der Waals surface area contributed by atoms with Crippen LogP contribution in [0.15, 0.2) is 35.0 Å². The quantitative estimate of drug-likeness (QED) is 0.638. The number of nitrogens with zero attached hydrogens (tertiary/aromatic N) is 2. The molecule has 0 atom stereocenters. The summed E-state index contributed by atoms with van der Waals surface area (Å²) in [5.41, 5.74) is 4.25. The van der Waals surface area contributed by atoms with Crippen LogP contribution in [-0.4, -0.2) is 9.97 Å². The van der Waals surface area contributed by atoms with Gasteiger partial charge in [-0.3, -0.25) is 0 Å². The highest BCUT2D eigenvalue weighted by atomic mass is 35.5. The molecule has 2 aromatic heterocycles. The number of hydrogen-bond acceptors (Lipinski definition) is 4. The maximum absolute atomic E-state index is 5.77. The molecule has 0 amide bonds. The van der Waals surface area contributed by atoms with Crippen molar-refractivity contribution in [1.29, 1.82) is 0 Å². The average molecular weight is 307 g/mol. The lowest BCUT2D eigenvalue weighted by Gasteiger charge is -1.96. The first-order valence-corrected chi connectivity index (χ1v) is 8.09. The standard InChI is InChI=1S/C14H11ClN2S2/c1-9-2-4-10(5-3-9)13-17-12(8-19-13)14-16-11(6-15)7-18-14/h2-5,7-8H,6H2,1H3. The summed E-state index contributed by atoms with van der Waals surface area (Å²) >= 11 is 9.00. The van der Waals surface area contributed by atoms with Gasteiger partial charge in [0.1, 0.15) is 15.7 Å². The van der Waals surface area contributed by atoms with Crippen LogP contribution >= 0.6 is 34.3 Å². The van der Waals surface area contributed by atoms with Crippen molar-refractivity contribution in [2.24, 2.45) is 0 Å². The van der Waals surface area contributed by atoms with E-state index in [-0.39, 0.29) is 0 Å². The Morgan fingerprint density at radius 1 is 1.00 bits per heavy atom. The van der Waals surface area contributed by atoms with E-state index in [1.165, 1.54) is 5.56 Å². The van der Waals surface area contributed by atoms with Crippen molar-refractivity contribution in [3.63, 3.8) is 0 Å². The Labute approximate surface area is 124 Å². The molecule has 0 spiro atoms. The normalized spacial score (nSPS) is 10.8. The molecule has 0 aliphatic rings. The molecule has 0 unspecified atom stereocenters. The number of hydrogen-bond donors (Lipinski definition) is 0. The van der Waals surface area contributed by atoms with Gasteiger partial charge in [0.05, 0.1) is 11.6 Å². The Morgan fingerprint density at radius 3 is 2.42 bits per heavy atom. The molecule has 1 aromatic carbocycles. The van der Waals surface area contributed by atoms with Gasteiger partial charge in [-0.15, -0.1) is 34.3 Å². The number of alkyl halides is 1. The molecular weight excluding hydrogens is 296 g/mol. The number of benzene rings is 1. The van der Waals surface area contributed by atoms with Crippen LogP contribution < -0.4 is 0 Å². The first kappa shape index (κ1) is 12.8. The SMILES string of the molecule is Cc1ccc(-c2nc(-c3nc(CCl)cs3)cs2)cc1. The molecule has 0 fully saturated rings. The number of aryl methyl sites for hydroxylation is 1. The lowest BCUT2D eigenvalue weighted by molar-refractivity contribution is 1.22. The number of rotatable bonds is 3. The first-order chi connectivity index (χ1) is 9.26. The third kappa shape index (κ3) is 2.71. The van der Waals surface area contributed by atoms with Crippen LogP contribution in [-0.2, 0) is 5.88 Å². The van der Waals surface area contributed by atoms with Crippen LogP contribution in [0.4, 0.5) is 0 Å². The van der Waals surface area contributed by atoms with Gasteiger partial charge in [-0.1, -0.05) is 29.8 Å². The largest absolute Gasteiger partial charge is 0.238 e. The van der Waals surface area contributed by atoms with E-state index in [4.69, 9.17) is 11.6 Å². The highest BCUT2D eigenvalue weighted by Crippen LogP contribution is 2.30. The van der Waals surface area contributed by atoms with Crippen LogP contribution in [0.5, 0.6) is 0 Å². The zero-order valence-electron chi connectivity index (χ0n) is 10.3. The zero-order valence-corrected chi connectivity index (χ0v) is 12.6. The van der Waals surface area contributed by atoms with Gasteiger partial charge in [-0.05, 0) is 6.92 Å². The van der Waals surface area contributed by atoms with Crippen LogP contribution in [0, 0.1) is 6.92 Å². The third-order valence-corrected chi connectivity index (χ3v) is 4.79. The summed E-state index contributed by atoms with van der Waals surface area (Å²) in [5.74, 6) is 0.450. The van der Waals surface area contributed by atoms with Gasteiger partial charge in [0.15, 0.2) is 0 Å². The van der Waals surface area contributed by atoms with Gasteiger partial charge in [-0.2, -0.15) is 0 Å². The van der Waals surface area contributed by atoms with E-state index in [0.29, 0.717) is 5.88 Å². The highest BCUT2D eigenvalue weighted by molar-refractivity contribution is 7.15. The second-order valence-corrected chi connectivity index (χ2v) is 6.17. The summed E-state index contributed by atoms with van der Waals surface area (Å²) in [6.45, 7) is 2.08. The molecule has 0 aliphatic heterocycles. The molecule has 0 radical (unpaired) electrons. The zero-order chi connectivity index (χ0) is 13.2. The van der Waals surface area contributed by atoms with Gasteiger partial charge >= 0.3 is 0 Å². The third-order valence-electron chi connectivity index (χ3n) is 2.71. The van der Waals surface area contributed by atoms with Crippen molar-refractivity contribution in [1.82, 2.24) is 9.97 Å². The maximum atomic E-state index is 5.77. The van der Waals surface area contributed by atoms with Crippen LogP contribution in [0.25, 0.3) is 21.3 Å². The summed E-state index contributed by atoms with van der Waals surface area (Å²) in [7, 11) is 0.